The van der Waals surface area contributed by atoms with Crippen LogP contribution < -0.4 is 4.74 Å². The van der Waals surface area contributed by atoms with Crippen LogP contribution in [0.5, 0.6) is 5.75 Å². The third kappa shape index (κ3) is 3.10. The summed E-state index contributed by atoms with van der Waals surface area (Å²) < 4.78 is 45.1. The highest BCUT2D eigenvalue weighted by Gasteiger charge is 2.63. The van der Waals surface area contributed by atoms with Crippen molar-refractivity contribution >= 4 is 11.6 Å². The lowest BCUT2D eigenvalue weighted by molar-refractivity contribution is -0.303. The number of hydrazone groups is 1. The van der Waals surface area contributed by atoms with Gasteiger partial charge in [0.05, 0.1) is 0 Å². The average molecular weight is 356 g/mol. The van der Waals surface area contributed by atoms with Gasteiger partial charge in [0.15, 0.2) is 6.10 Å². The Balaban J connectivity index is 1.77. The lowest BCUT2D eigenvalue weighted by Gasteiger charge is -2.33. The third-order valence-corrected chi connectivity index (χ3v) is 4.52. The van der Waals surface area contributed by atoms with Gasteiger partial charge in [-0.25, -0.2) is 0 Å². The van der Waals surface area contributed by atoms with Crippen LogP contribution in [0.15, 0.2) is 23.3 Å². The Morgan fingerprint density at radius 3 is 2.72 bits per heavy atom. The van der Waals surface area contributed by atoms with Crippen molar-refractivity contribution in [2.24, 2.45) is 5.10 Å². The van der Waals surface area contributed by atoms with Gasteiger partial charge in [-0.3, -0.25) is 4.79 Å². The van der Waals surface area contributed by atoms with Gasteiger partial charge in [-0.2, -0.15) is 23.3 Å². The summed E-state index contributed by atoms with van der Waals surface area (Å²) in [6, 6.07) is 5.40. The molecule has 2 unspecified atom stereocenters. The maximum Gasteiger partial charge on any atom is 0.438 e. The number of carbonyl (C=O) groups is 1. The summed E-state index contributed by atoms with van der Waals surface area (Å²) in [5.74, 6) is -0.630. The summed E-state index contributed by atoms with van der Waals surface area (Å²) in [5.41, 5.74) is -0.960. The normalized spacial score (nSPS) is 24.1. The van der Waals surface area contributed by atoms with E-state index in [9.17, 15) is 23.1 Å². The molecule has 1 aromatic rings. The molecule has 1 aliphatic heterocycles. The zero-order chi connectivity index (χ0) is 18.4. The van der Waals surface area contributed by atoms with E-state index >= 15 is 0 Å². The molecular formula is C17H19F3N2O3. The number of alkyl halides is 3. The zero-order valence-electron chi connectivity index (χ0n) is 13.9. The average Bonchev–Trinajstić information content (AvgIpc) is 3.09. The van der Waals surface area contributed by atoms with Gasteiger partial charge in [-0.15, -0.1) is 0 Å². The SMILES string of the molecule is CC1=NN(C(=O)C(C)Oc2ccc3c(c2)CCC3)C(O)(C(F)(F)F)C1. The number of ether oxygens (including phenoxy) is 1. The zero-order valence-corrected chi connectivity index (χ0v) is 13.9. The summed E-state index contributed by atoms with van der Waals surface area (Å²) in [6.07, 6.45) is -4.05. The molecule has 25 heavy (non-hydrogen) atoms. The van der Waals surface area contributed by atoms with Crippen LogP contribution in [-0.4, -0.2) is 39.7 Å². The van der Waals surface area contributed by atoms with Gasteiger partial charge in [-0.1, -0.05) is 6.07 Å². The van der Waals surface area contributed by atoms with Gasteiger partial charge < -0.3 is 9.84 Å². The number of halogens is 3. The molecule has 3 rings (SSSR count). The number of fused-ring (bicyclic) bond motifs is 1. The molecule has 1 aromatic carbocycles. The van der Waals surface area contributed by atoms with Crippen LogP contribution in [0.2, 0.25) is 0 Å². The van der Waals surface area contributed by atoms with Crippen LogP contribution >= 0.6 is 0 Å². The minimum atomic E-state index is -5.02. The molecule has 0 radical (unpaired) electrons. The molecule has 2 atom stereocenters. The number of nitrogens with zero attached hydrogens (tertiary/aromatic N) is 2. The molecule has 1 aliphatic carbocycles. The fourth-order valence-electron chi connectivity index (χ4n) is 3.22. The first-order chi connectivity index (χ1) is 11.6. The van der Waals surface area contributed by atoms with Crippen molar-refractivity contribution in [3.05, 3.63) is 29.3 Å². The van der Waals surface area contributed by atoms with Crippen LogP contribution in [0.4, 0.5) is 13.2 Å². The fraction of sp³-hybridized carbons (Fsp3) is 0.529. The Labute approximate surface area is 143 Å². The Hall–Kier alpha value is -2.09. The third-order valence-electron chi connectivity index (χ3n) is 4.52. The minimum absolute atomic E-state index is 0.0258. The summed E-state index contributed by atoms with van der Waals surface area (Å²) in [4.78, 5) is 12.4. The van der Waals surface area contributed by atoms with E-state index in [2.05, 4.69) is 5.10 Å². The van der Waals surface area contributed by atoms with Crippen molar-refractivity contribution in [2.45, 2.75) is 57.5 Å². The van der Waals surface area contributed by atoms with Crippen molar-refractivity contribution < 1.29 is 27.8 Å². The Bertz CT molecular complexity index is 732. The number of rotatable bonds is 3. The van der Waals surface area contributed by atoms with E-state index in [4.69, 9.17) is 4.74 Å². The van der Waals surface area contributed by atoms with E-state index in [1.54, 1.807) is 12.1 Å². The number of amides is 1. The lowest BCUT2D eigenvalue weighted by atomic mass is 10.1. The maximum atomic E-state index is 13.2. The highest BCUT2D eigenvalue weighted by Crippen LogP contribution is 2.40. The molecule has 0 spiro atoms. The molecular weight excluding hydrogens is 337 g/mol. The summed E-state index contributed by atoms with van der Waals surface area (Å²) >= 11 is 0. The summed E-state index contributed by atoms with van der Waals surface area (Å²) in [5, 5.41) is 13.7. The quantitative estimate of drug-likeness (QED) is 0.906. The van der Waals surface area contributed by atoms with Crippen molar-refractivity contribution in [3.8, 4) is 5.75 Å². The van der Waals surface area contributed by atoms with Gasteiger partial charge in [0.25, 0.3) is 11.6 Å². The smallest absolute Gasteiger partial charge is 0.438 e. The van der Waals surface area contributed by atoms with Crippen LogP contribution in [0.1, 0.15) is 37.8 Å². The van der Waals surface area contributed by atoms with Crippen molar-refractivity contribution in [1.82, 2.24) is 5.01 Å². The highest BCUT2D eigenvalue weighted by molar-refractivity contribution is 5.90. The second kappa shape index (κ2) is 6.01. The standard InChI is InChI=1S/C17H19F3N2O3/c1-10-9-16(24,17(18,19)20)22(21-10)15(23)11(2)25-14-7-6-12-4-3-5-13(12)8-14/h6-8,11,24H,3-5,9H2,1-2H3. The molecule has 0 saturated heterocycles. The predicted molar refractivity (Wildman–Crippen MR) is 84.1 cm³/mol. The molecule has 0 aromatic heterocycles. The highest BCUT2D eigenvalue weighted by atomic mass is 19.4. The van der Waals surface area contributed by atoms with Crippen LogP contribution in [-0.2, 0) is 17.6 Å². The monoisotopic (exact) mass is 356 g/mol. The first-order valence-electron chi connectivity index (χ1n) is 8.07. The second-order valence-corrected chi connectivity index (χ2v) is 6.52. The van der Waals surface area contributed by atoms with Crippen molar-refractivity contribution in [2.75, 3.05) is 0 Å². The minimum Gasteiger partial charge on any atom is -0.481 e. The molecule has 2 aliphatic rings. The van der Waals surface area contributed by atoms with Crippen LogP contribution in [0.25, 0.3) is 0 Å². The van der Waals surface area contributed by atoms with E-state index in [1.165, 1.54) is 19.4 Å². The molecule has 1 N–H and O–H groups in total. The first-order valence-corrected chi connectivity index (χ1v) is 8.07. The molecule has 1 heterocycles. The largest absolute Gasteiger partial charge is 0.481 e. The molecule has 1 amide bonds. The van der Waals surface area contributed by atoms with Gasteiger partial charge in [0.1, 0.15) is 5.75 Å². The Morgan fingerprint density at radius 2 is 2.04 bits per heavy atom. The second-order valence-electron chi connectivity index (χ2n) is 6.52. The van der Waals surface area contributed by atoms with Gasteiger partial charge in [0, 0.05) is 12.1 Å². The van der Waals surface area contributed by atoms with Crippen molar-refractivity contribution in [3.63, 3.8) is 0 Å². The van der Waals surface area contributed by atoms with Gasteiger partial charge >= 0.3 is 6.18 Å². The van der Waals surface area contributed by atoms with E-state index < -0.39 is 30.3 Å². The molecule has 0 fully saturated rings. The molecule has 136 valence electrons. The van der Waals surface area contributed by atoms with E-state index in [-0.39, 0.29) is 10.7 Å². The fourth-order valence-corrected chi connectivity index (χ4v) is 3.22. The molecule has 0 saturated carbocycles. The van der Waals surface area contributed by atoms with Gasteiger partial charge in [0.2, 0.25) is 0 Å². The topological polar surface area (TPSA) is 62.1 Å². The number of hydrogen-bond donors (Lipinski definition) is 1. The number of benzene rings is 1. The molecule has 8 heteroatoms. The number of hydrogen-bond acceptors (Lipinski definition) is 4. The maximum absolute atomic E-state index is 13.2. The van der Waals surface area contributed by atoms with E-state index in [0.717, 1.165) is 24.8 Å². The Kier molecular flexibility index (Phi) is 4.26. The van der Waals surface area contributed by atoms with E-state index in [0.29, 0.717) is 5.75 Å². The molecule has 0 bridgehead atoms. The first kappa shape index (κ1) is 17.7. The summed E-state index contributed by atoms with van der Waals surface area (Å²) in [6.45, 7) is 2.67. The Morgan fingerprint density at radius 1 is 1.36 bits per heavy atom. The van der Waals surface area contributed by atoms with Crippen LogP contribution in [0, 0.1) is 0 Å². The number of aliphatic hydroxyl groups is 1. The van der Waals surface area contributed by atoms with Crippen LogP contribution in [0.3, 0.4) is 0 Å². The summed E-state index contributed by atoms with van der Waals surface area (Å²) in [7, 11) is 0. The lowest BCUT2D eigenvalue weighted by Crippen LogP contribution is -2.58. The van der Waals surface area contributed by atoms with E-state index in [1.807, 2.05) is 6.07 Å². The number of aryl methyl sites for hydroxylation is 2. The van der Waals surface area contributed by atoms with Crippen molar-refractivity contribution in [1.29, 1.82) is 0 Å². The molecule has 5 nitrogen and oxygen atoms in total. The predicted octanol–water partition coefficient (Wildman–Crippen LogP) is 2.80. The number of carbonyl (C=O) groups excluding carboxylic acids is 1. The van der Waals surface area contributed by atoms with Gasteiger partial charge in [-0.05, 0) is 56.4 Å².